The molecule has 44 heavy (non-hydrogen) atoms. The van der Waals surface area contributed by atoms with Crippen molar-refractivity contribution in [2.75, 3.05) is 20.3 Å². The Balaban J connectivity index is 1.49. The summed E-state index contributed by atoms with van der Waals surface area (Å²) in [5.74, 6) is -2.19. The van der Waals surface area contributed by atoms with Crippen molar-refractivity contribution in [1.29, 1.82) is 0 Å². The van der Waals surface area contributed by atoms with Crippen LogP contribution in [0.25, 0.3) is 0 Å². The zero-order valence-corrected chi connectivity index (χ0v) is 27.3. The van der Waals surface area contributed by atoms with E-state index < -0.39 is 37.6 Å². The Morgan fingerprint density at radius 3 is 2.00 bits per heavy atom. The molecule has 1 aliphatic rings. The third kappa shape index (κ3) is 7.13. The predicted molar refractivity (Wildman–Crippen MR) is 172 cm³/mol. The molecule has 0 unspecified atom stereocenters. The van der Waals surface area contributed by atoms with E-state index in [-0.39, 0.29) is 31.1 Å². The monoisotopic (exact) mass is 616 g/mol. The summed E-state index contributed by atoms with van der Waals surface area (Å²) in [5, 5.41) is 2.31. The molecule has 0 aliphatic carbocycles. The fraction of sp³-hybridized carbons (Fsp3) is 0.417. The van der Waals surface area contributed by atoms with Gasteiger partial charge in [-0.2, -0.15) is 0 Å². The summed E-state index contributed by atoms with van der Waals surface area (Å²) in [6.07, 6.45) is 1.90. The van der Waals surface area contributed by atoms with Crippen LogP contribution in [0.2, 0.25) is 5.04 Å². The van der Waals surface area contributed by atoms with Gasteiger partial charge in [0.1, 0.15) is 6.61 Å². The highest BCUT2D eigenvalue weighted by Crippen LogP contribution is 2.44. The van der Waals surface area contributed by atoms with Gasteiger partial charge in [0, 0.05) is 18.9 Å². The van der Waals surface area contributed by atoms with Crippen molar-refractivity contribution in [1.82, 2.24) is 0 Å². The highest BCUT2D eigenvalue weighted by Gasteiger charge is 2.59. The summed E-state index contributed by atoms with van der Waals surface area (Å²) < 4.78 is 23.0. The Hall–Kier alpha value is -3.75. The second kappa shape index (κ2) is 14.8. The van der Waals surface area contributed by atoms with Crippen molar-refractivity contribution >= 4 is 36.6 Å². The van der Waals surface area contributed by atoms with Gasteiger partial charge in [0.25, 0.3) is 8.32 Å². The molecule has 0 amide bonds. The van der Waals surface area contributed by atoms with Crippen molar-refractivity contribution in [3.63, 3.8) is 0 Å². The first kappa shape index (κ1) is 33.1. The molecule has 8 heteroatoms. The van der Waals surface area contributed by atoms with E-state index in [2.05, 4.69) is 69.3 Å². The lowest BCUT2D eigenvalue weighted by atomic mass is 9.72. The van der Waals surface area contributed by atoms with Crippen LogP contribution in [-0.4, -0.2) is 46.5 Å². The normalized spacial score (nSPS) is 18.5. The van der Waals surface area contributed by atoms with Gasteiger partial charge in [-0.15, -0.1) is 0 Å². The Bertz CT molecular complexity index is 1330. The van der Waals surface area contributed by atoms with E-state index in [0.29, 0.717) is 19.4 Å². The maximum atomic E-state index is 13.6. The number of rotatable bonds is 14. The smallest absolute Gasteiger partial charge is 0.324 e. The minimum atomic E-state index is -2.66. The first-order chi connectivity index (χ1) is 21.1. The van der Waals surface area contributed by atoms with Crippen molar-refractivity contribution in [3.8, 4) is 0 Å². The summed E-state index contributed by atoms with van der Waals surface area (Å²) in [7, 11) is -1.37. The molecule has 1 fully saturated rings. The minimum Gasteiger partial charge on any atom is -0.469 e. The average Bonchev–Trinajstić information content (AvgIpc) is 3.36. The number of hydrogen-bond acceptors (Lipinski definition) is 7. The number of hydrogen-bond donors (Lipinski definition) is 0. The number of cyclic esters (lactones) is 1. The van der Waals surface area contributed by atoms with Crippen LogP contribution in [0.1, 0.15) is 58.4 Å². The lowest BCUT2D eigenvalue weighted by molar-refractivity contribution is -0.168. The van der Waals surface area contributed by atoms with E-state index in [1.807, 2.05) is 42.5 Å². The quantitative estimate of drug-likeness (QED) is 0.0767. The van der Waals surface area contributed by atoms with Gasteiger partial charge >= 0.3 is 17.9 Å². The molecule has 3 aromatic carbocycles. The minimum absolute atomic E-state index is 0.0185. The SMILES string of the molecule is COC(=O)CC[C@@]1(C(=O)OCc2ccccc2)C(=O)OC[C@@H]1CCCCO[Si](c1ccccc1)(c1ccccc1)C(C)(C)C. The molecule has 0 N–H and O–H groups in total. The van der Waals surface area contributed by atoms with Crippen molar-refractivity contribution in [2.45, 2.75) is 64.5 Å². The van der Waals surface area contributed by atoms with Gasteiger partial charge in [0.15, 0.2) is 5.41 Å². The highest BCUT2D eigenvalue weighted by molar-refractivity contribution is 6.99. The number of unbranched alkanes of at least 4 members (excludes halogenated alkanes) is 1. The summed E-state index contributed by atoms with van der Waals surface area (Å²) >= 11 is 0. The second-order valence-corrected chi connectivity index (χ2v) is 16.7. The second-order valence-electron chi connectivity index (χ2n) is 12.4. The molecule has 0 aromatic heterocycles. The van der Waals surface area contributed by atoms with E-state index in [4.69, 9.17) is 18.6 Å². The number of ether oxygens (including phenoxy) is 3. The van der Waals surface area contributed by atoms with Gasteiger partial charge in [-0.1, -0.05) is 118 Å². The van der Waals surface area contributed by atoms with Crippen LogP contribution in [0.4, 0.5) is 0 Å². The number of carbonyl (C=O) groups is 3. The topological polar surface area (TPSA) is 88.1 Å². The Morgan fingerprint density at radius 2 is 1.45 bits per heavy atom. The molecule has 1 saturated heterocycles. The van der Waals surface area contributed by atoms with E-state index in [1.165, 1.54) is 17.5 Å². The van der Waals surface area contributed by atoms with Gasteiger partial charge in [0.2, 0.25) is 0 Å². The maximum absolute atomic E-state index is 13.6. The summed E-state index contributed by atoms with van der Waals surface area (Å²) in [6, 6.07) is 30.3. The first-order valence-electron chi connectivity index (χ1n) is 15.4. The average molecular weight is 617 g/mol. The van der Waals surface area contributed by atoms with Gasteiger partial charge in [-0.3, -0.25) is 14.4 Å². The predicted octanol–water partition coefficient (Wildman–Crippen LogP) is 5.59. The van der Waals surface area contributed by atoms with Crippen LogP contribution >= 0.6 is 0 Å². The van der Waals surface area contributed by atoms with Gasteiger partial charge in [-0.05, 0) is 40.2 Å². The van der Waals surface area contributed by atoms with Crippen molar-refractivity contribution < 1.29 is 33.0 Å². The largest absolute Gasteiger partial charge is 0.469 e. The Morgan fingerprint density at radius 1 is 0.886 bits per heavy atom. The van der Waals surface area contributed by atoms with Crippen molar-refractivity contribution in [3.05, 3.63) is 96.6 Å². The highest BCUT2D eigenvalue weighted by atomic mass is 28.4. The molecule has 3 aromatic rings. The lowest BCUT2D eigenvalue weighted by Crippen LogP contribution is -2.66. The molecule has 7 nitrogen and oxygen atoms in total. The summed E-state index contributed by atoms with van der Waals surface area (Å²) in [6.45, 7) is 7.41. The van der Waals surface area contributed by atoms with Gasteiger partial charge in [-0.25, -0.2) is 0 Å². The molecule has 1 aliphatic heterocycles. The molecule has 0 radical (unpaired) electrons. The van der Waals surface area contributed by atoms with Crippen LogP contribution in [0, 0.1) is 11.3 Å². The third-order valence-electron chi connectivity index (χ3n) is 8.69. The van der Waals surface area contributed by atoms with E-state index in [9.17, 15) is 14.4 Å². The number of carbonyl (C=O) groups excluding carboxylic acids is 3. The molecule has 0 bridgehead atoms. The summed E-state index contributed by atoms with van der Waals surface area (Å²) in [4.78, 5) is 38.9. The van der Waals surface area contributed by atoms with E-state index >= 15 is 0 Å². The van der Waals surface area contributed by atoms with Crippen LogP contribution in [-0.2, 0) is 39.6 Å². The zero-order chi connectivity index (χ0) is 31.6. The standard InChI is InChI=1S/C36H44O7Si/c1-35(2,3)44(30-19-10-6-11-20-30,31-21-12-7-13-22-31)43-25-15-14-18-29-27-42-34(39)36(29,24-23-32(37)40-4)33(38)41-26-28-16-8-5-9-17-28/h5-13,16-17,19-22,29H,14-15,18,23-27H2,1-4H3/t29-,36+/m0/s1. The van der Waals surface area contributed by atoms with E-state index in [1.54, 1.807) is 0 Å². The molecular formula is C36H44O7Si. The Labute approximate surface area is 262 Å². The molecule has 2 atom stereocenters. The Kier molecular flexibility index (Phi) is 11.2. The van der Waals surface area contributed by atoms with Crippen molar-refractivity contribution in [2.24, 2.45) is 11.3 Å². The van der Waals surface area contributed by atoms with Crippen LogP contribution < -0.4 is 10.4 Å². The summed E-state index contributed by atoms with van der Waals surface area (Å²) in [5.41, 5.74) is -0.741. The number of esters is 3. The van der Waals surface area contributed by atoms with Gasteiger partial charge < -0.3 is 18.6 Å². The van der Waals surface area contributed by atoms with Crippen LogP contribution in [0.15, 0.2) is 91.0 Å². The molecule has 0 saturated carbocycles. The zero-order valence-electron chi connectivity index (χ0n) is 26.3. The number of methoxy groups -OCH3 is 1. The van der Waals surface area contributed by atoms with Gasteiger partial charge in [0.05, 0.1) is 13.7 Å². The fourth-order valence-electron chi connectivity index (χ4n) is 6.33. The molecular weight excluding hydrogens is 572 g/mol. The molecule has 0 spiro atoms. The molecule has 234 valence electrons. The lowest BCUT2D eigenvalue weighted by Gasteiger charge is -2.43. The van der Waals surface area contributed by atoms with E-state index in [0.717, 1.165) is 12.0 Å². The maximum Gasteiger partial charge on any atom is 0.324 e. The molecule has 4 rings (SSSR count). The van der Waals surface area contributed by atoms with Crippen LogP contribution in [0.3, 0.4) is 0 Å². The first-order valence-corrected chi connectivity index (χ1v) is 17.3. The third-order valence-corrected chi connectivity index (χ3v) is 13.7. The fourth-order valence-corrected chi connectivity index (χ4v) is 10.9. The van der Waals surface area contributed by atoms with Crippen LogP contribution in [0.5, 0.6) is 0 Å². The molecule has 1 heterocycles. The number of benzene rings is 3.